The van der Waals surface area contributed by atoms with Gasteiger partial charge in [-0.05, 0) is 49.4 Å². The van der Waals surface area contributed by atoms with Crippen LogP contribution in [0.15, 0.2) is 39.6 Å². The number of esters is 2. The van der Waals surface area contributed by atoms with Crippen molar-refractivity contribution in [1.82, 2.24) is 30.9 Å². The molecular formula is C39H46BrF2N7O10. The number of carboxylic acid groups (broad SMARTS) is 1. The number of aromatic nitrogens is 2. The fourth-order valence-corrected chi connectivity index (χ4v) is 7.49. The fraction of sp³-hybridized carbons (Fsp3) is 0.487. The molecule has 2 aliphatic rings. The number of amides is 3. The van der Waals surface area contributed by atoms with Crippen molar-refractivity contribution < 1.29 is 52.1 Å². The zero-order valence-electron chi connectivity index (χ0n) is 32.6. The summed E-state index contributed by atoms with van der Waals surface area (Å²) in [4.78, 5) is 94.8. The molecule has 0 bridgehead atoms. The minimum absolute atomic E-state index is 0.0308. The number of hydrazine groups is 1. The highest BCUT2D eigenvalue weighted by Crippen LogP contribution is 2.41. The summed E-state index contributed by atoms with van der Waals surface area (Å²) in [6.07, 6.45) is -2.81. The number of ether oxygens (including phenoxy) is 2. The van der Waals surface area contributed by atoms with Gasteiger partial charge in [0.2, 0.25) is 23.3 Å². The Hall–Kier alpha value is -5.34. The largest absolute Gasteiger partial charge is 0.481 e. The van der Waals surface area contributed by atoms with Crippen LogP contribution in [0.25, 0.3) is 22.3 Å². The molecular weight excluding hydrogens is 844 g/mol. The van der Waals surface area contributed by atoms with Crippen LogP contribution in [0.5, 0.6) is 0 Å². The predicted octanol–water partition coefficient (Wildman–Crippen LogP) is 2.66. The molecule has 20 heteroatoms. The minimum atomic E-state index is -3.67. The van der Waals surface area contributed by atoms with Gasteiger partial charge in [-0.3, -0.25) is 40.0 Å². The van der Waals surface area contributed by atoms with Crippen LogP contribution < -0.4 is 32.8 Å². The number of nitrogens with two attached hydrogens (primary N) is 1. The lowest BCUT2D eigenvalue weighted by Gasteiger charge is -2.35. The maximum atomic E-state index is 15.3. The first-order valence-electron chi connectivity index (χ1n) is 19.1. The molecule has 0 fully saturated rings. The van der Waals surface area contributed by atoms with E-state index in [0.717, 1.165) is 15.4 Å². The summed E-state index contributed by atoms with van der Waals surface area (Å²) in [5.41, 5.74) is 2.28. The summed E-state index contributed by atoms with van der Waals surface area (Å²) in [5.74, 6) is -4.65. The number of hydrogen-bond donors (Lipinski definition) is 6. The molecule has 2 aromatic heterocycles. The van der Waals surface area contributed by atoms with Crippen LogP contribution in [-0.2, 0) is 57.0 Å². The van der Waals surface area contributed by atoms with Gasteiger partial charge in [-0.1, -0.05) is 42.8 Å². The van der Waals surface area contributed by atoms with Crippen LogP contribution in [0.2, 0.25) is 0 Å². The van der Waals surface area contributed by atoms with Gasteiger partial charge in [0, 0.05) is 40.4 Å². The SMILES string of the molecule is CC[C@@]1(OC(=O)CCC(F)(F)CNC(=O)[C@H](CCCNN)NC(=O)[C@@H](NC(=O)CCC(=O)O)C(C)C)C(=O)OCc2c1cc1n(c2=O)Cc2cc3c(Br)cccc3nc2-1. The van der Waals surface area contributed by atoms with E-state index in [1.165, 1.54) is 11.5 Å². The van der Waals surface area contributed by atoms with Gasteiger partial charge in [0.15, 0.2) is 0 Å². The molecule has 0 unspecified atom stereocenters. The lowest BCUT2D eigenvalue weighted by molar-refractivity contribution is -0.190. The number of carbonyl (C=O) groups is 6. The van der Waals surface area contributed by atoms with Crippen LogP contribution in [0.3, 0.4) is 0 Å². The van der Waals surface area contributed by atoms with Gasteiger partial charge in [0.25, 0.3) is 11.5 Å². The van der Waals surface area contributed by atoms with Gasteiger partial charge in [-0.25, -0.2) is 18.6 Å². The number of carboxylic acids is 1. The lowest BCUT2D eigenvalue weighted by Crippen LogP contribution is -2.56. The van der Waals surface area contributed by atoms with Gasteiger partial charge in [0.05, 0.1) is 48.4 Å². The van der Waals surface area contributed by atoms with Crippen molar-refractivity contribution in [2.24, 2.45) is 11.8 Å². The monoisotopic (exact) mass is 889 g/mol. The minimum Gasteiger partial charge on any atom is -0.481 e. The van der Waals surface area contributed by atoms with E-state index in [4.69, 9.17) is 25.4 Å². The highest BCUT2D eigenvalue weighted by atomic mass is 79.9. The van der Waals surface area contributed by atoms with E-state index in [1.54, 1.807) is 19.9 Å². The van der Waals surface area contributed by atoms with E-state index in [2.05, 4.69) is 37.3 Å². The smallest absolute Gasteiger partial charge is 0.355 e. The second-order valence-corrected chi connectivity index (χ2v) is 15.6. The molecule has 5 rings (SSSR count). The Morgan fingerprint density at radius 1 is 1.10 bits per heavy atom. The third-order valence-corrected chi connectivity index (χ3v) is 10.9. The van der Waals surface area contributed by atoms with E-state index in [0.29, 0.717) is 16.9 Å². The summed E-state index contributed by atoms with van der Waals surface area (Å²) in [6, 6.07) is 6.49. The third-order valence-electron chi connectivity index (χ3n) is 10.2. The fourth-order valence-electron chi connectivity index (χ4n) is 7.02. The average molecular weight is 891 g/mol. The summed E-state index contributed by atoms with van der Waals surface area (Å²) in [6.45, 7) is 3.56. The van der Waals surface area contributed by atoms with Gasteiger partial charge in [0.1, 0.15) is 18.7 Å². The number of nitrogens with zero attached hydrogens (tertiary/aromatic N) is 2. The summed E-state index contributed by atoms with van der Waals surface area (Å²) in [7, 11) is 0. The topological polar surface area (TPSA) is 250 Å². The molecule has 0 saturated carbocycles. The molecule has 4 heterocycles. The molecule has 3 atom stereocenters. The lowest BCUT2D eigenvalue weighted by atomic mass is 9.85. The third kappa shape index (κ3) is 10.1. The van der Waals surface area contributed by atoms with Crippen molar-refractivity contribution in [2.75, 3.05) is 13.1 Å². The van der Waals surface area contributed by atoms with Gasteiger partial charge in [-0.15, -0.1) is 0 Å². The Labute approximate surface area is 345 Å². The number of rotatable bonds is 19. The molecule has 318 valence electrons. The Balaban J connectivity index is 1.26. The summed E-state index contributed by atoms with van der Waals surface area (Å²) in [5, 5.41) is 16.7. The van der Waals surface area contributed by atoms with Crippen LogP contribution in [0.4, 0.5) is 8.78 Å². The number of hydrogen-bond acceptors (Lipinski definition) is 12. The molecule has 1 aromatic carbocycles. The molecule has 59 heavy (non-hydrogen) atoms. The van der Waals surface area contributed by atoms with Gasteiger partial charge >= 0.3 is 17.9 Å². The van der Waals surface area contributed by atoms with Crippen molar-refractivity contribution in [2.45, 2.75) is 102 Å². The van der Waals surface area contributed by atoms with Gasteiger partial charge < -0.3 is 35.1 Å². The first-order valence-corrected chi connectivity index (χ1v) is 19.9. The van der Waals surface area contributed by atoms with Gasteiger partial charge in [-0.2, -0.15) is 0 Å². The van der Waals surface area contributed by atoms with E-state index in [1.807, 2.05) is 24.3 Å². The van der Waals surface area contributed by atoms with Crippen molar-refractivity contribution >= 4 is 62.5 Å². The van der Waals surface area contributed by atoms with E-state index in [9.17, 15) is 33.6 Å². The zero-order valence-corrected chi connectivity index (χ0v) is 34.2. The highest BCUT2D eigenvalue weighted by Gasteiger charge is 2.50. The Bertz CT molecular complexity index is 2220. The van der Waals surface area contributed by atoms with Crippen molar-refractivity contribution in [3.8, 4) is 11.4 Å². The normalized spacial score (nSPS) is 16.6. The summed E-state index contributed by atoms with van der Waals surface area (Å²) >= 11 is 3.53. The second-order valence-electron chi connectivity index (χ2n) is 14.8. The van der Waals surface area contributed by atoms with E-state index >= 15 is 8.78 Å². The summed E-state index contributed by atoms with van der Waals surface area (Å²) < 4.78 is 43.9. The first-order chi connectivity index (χ1) is 27.9. The van der Waals surface area contributed by atoms with Crippen LogP contribution >= 0.6 is 15.9 Å². The molecule has 2 aliphatic heterocycles. The molecule has 3 aromatic rings. The predicted molar refractivity (Wildman–Crippen MR) is 210 cm³/mol. The number of alkyl halides is 2. The Kier molecular flexibility index (Phi) is 14.2. The number of nitrogens with one attached hydrogen (secondary N) is 4. The highest BCUT2D eigenvalue weighted by molar-refractivity contribution is 9.10. The second kappa shape index (κ2) is 18.7. The molecule has 0 radical (unpaired) electrons. The molecule has 0 spiro atoms. The van der Waals surface area contributed by atoms with Crippen LogP contribution in [0.1, 0.15) is 82.4 Å². The maximum absolute atomic E-state index is 15.3. The van der Waals surface area contributed by atoms with Crippen LogP contribution in [-0.4, -0.2) is 81.4 Å². The number of pyridine rings is 2. The van der Waals surface area contributed by atoms with E-state index in [-0.39, 0.29) is 56.5 Å². The molecule has 3 amide bonds. The van der Waals surface area contributed by atoms with Crippen molar-refractivity contribution in [3.05, 3.63) is 61.8 Å². The molecule has 0 saturated heterocycles. The maximum Gasteiger partial charge on any atom is 0.355 e. The van der Waals surface area contributed by atoms with Crippen molar-refractivity contribution in [1.29, 1.82) is 0 Å². The number of benzene rings is 1. The van der Waals surface area contributed by atoms with E-state index < -0.39 is 96.5 Å². The van der Waals surface area contributed by atoms with Crippen LogP contribution in [0, 0.1) is 5.92 Å². The molecule has 7 N–H and O–H groups in total. The quantitative estimate of drug-likeness (QED) is 0.0344. The molecule has 0 aliphatic carbocycles. The van der Waals surface area contributed by atoms with Crippen molar-refractivity contribution in [3.63, 3.8) is 0 Å². The number of cyclic esters (lactones) is 1. The first kappa shape index (κ1) is 44.8. The standard InChI is InChI=1S/C39H46BrF2N7O10/c1-4-39(24-16-28-33-21(15-22-25(40)7-5-8-26(22)46-33)17-49(28)36(56)23(24)18-58-37(39)57)59-31(53)12-13-38(41,42)19-44-34(54)27(9-6-14-45-43)47-35(55)32(20(2)3)48-29(50)10-11-30(51)52/h5,7-8,15-16,20,27,32,45H,4,6,9-14,17-19,43H2,1-3H3,(H,44,54)(H,47,55)(H,48,50)(H,51,52)/t27-,32-,39-/m0/s1. The molecule has 17 nitrogen and oxygen atoms in total. The number of fused-ring (bicyclic) bond motifs is 5. The average Bonchev–Trinajstić information content (AvgIpc) is 3.55. The number of aliphatic carboxylic acids is 1. The number of halogens is 3. The zero-order chi connectivity index (χ0) is 43.2. The Morgan fingerprint density at radius 3 is 2.53 bits per heavy atom. The number of carbonyl (C=O) groups excluding carboxylic acids is 5. The Morgan fingerprint density at radius 2 is 1.85 bits per heavy atom.